The van der Waals surface area contributed by atoms with Crippen molar-refractivity contribution in [3.63, 3.8) is 0 Å². The molecule has 33 heavy (non-hydrogen) atoms. The lowest BCUT2D eigenvalue weighted by atomic mass is 9.78. The molecule has 3 atom stereocenters. The smallest absolute Gasteiger partial charge is 0.345 e. The van der Waals surface area contributed by atoms with E-state index in [2.05, 4.69) is 11.4 Å². The van der Waals surface area contributed by atoms with Crippen LogP contribution in [-0.4, -0.2) is 23.1 Å². The molecule has 2 aliphatic rings. The van der Waals surface area contributed by atoms with E-state index in [4.69, 9.17) is 10.00 Å². The first-order chi connectivity index (χ1) is 16.0. The molecule has 0 fully saturated rings. The normalized spacial score (nSPS) is 20.2. The predicted octanol–water partition coefficient (Wildman–Crippen LogP) is 4.98. The number of ether oxygens (including phenoxy) is 1. The van der Waals surface area contributed by atoms with E-state index in [-0.39, 0.29) is 11.8 Å². The molecule has 0 saturated heterocycles. The second kappa shape index (κ2) is 8.29. The highest BCUT2D eigenvalue weighted by atomic mass is 16.5. The van der Waals surface area contributed by atoms with Gasteiger partial charge in [-0.3, -0.25) is 0 Å². The number of hydrogen-bond acceptors (Lipinski definition) is 5. The Morgan fingerprint density at radius 2 is 1.70 bits per heavy atom. The van der Waals surface area contributed by atoms with Crippen molar-refractivity contribution in [2.24, 2.45) is 5.92 Å². The van der Waals surface area contributed by atoms with Gasteiger partial charge in [0.25, 0.3) is 0 Å². The topological polar surface area (TPSA) is 99.4 Å². The molecule has 6 heteroatoms. The molecule has 2 N–H and O–H groups in total. The Morgan fingerprint density at radius 3 is 2.36 bits per heavy atom. The summed E-state index contributed by atoms with van der Waals surface area (Å²) in [4.78, 5) is 24.9. The van der Waals surface area contributed by atoms with E-state index in [0.29, 0.717) is 29.0 Å². The van der Waals surface area contributed by atoms with Gasteiger partial charge in [-0.1, -0.05) is 48.6 Å². The van der Waals surface area contributed by atoms with Crippen molar-refractivity contribution in [1.29, 1.82) is 5.26 Å². The molecule has 1 heterocycles. The number of carbonyl (C=O) groups excluding carboxylic acids is 1. The number of nitriles is 1. The van der Waals surface area contributed by atoms with E-state index in [1.807, 2.05) is 42.5 Å². The van der Waals surface area contributed by atoms with Gasteiger partial charge < -0.3 is 15.2 Å². The van der Waals surface area contributed by atoms with Gasteiger partial charge in [0.2, 0.25) is 0 Å². The molecule has 3 aromatic carbocycles. The second-order valence-electron chi connectivity index (χ2n) is 8.19. The maximum atomic E-state index is 13.0. The van der Waals surface area contributed by atoms with Crippen LogP contribution in [0, 0.1) is 17.2 Å². The molecule has 0 spiro atoms. The number of hydrogen-bond donors (Lipinski definition) is 2. The van der Waals surface area contributed by atoms with Crippen LogP contribution in [0.5, 0.6) is 5.75 Å². The second-order valence-corrected chi connectivity index (χ2v) is 8.19. The maximum absolute atomic E-state index is 13.0. The monoisotopic (exact) mass is 436 g/mol. The number of carboxylic acids is 1. The Kier molecular flexibility index (Phi) is 5.15. The van der Waals surface area contributed by atoms with Gasteiger partial charge in [-0.15, -0.1) is 0 Å². The molecule has 0 aromatic heterocycles. The summed E-state index contributed by atoms with van der Waals surface area (Å²) >= 11 is 0. The van der Waals surface area contributed by atoms with Crippen molar-refractivity contribution in [3.8, 4) is 22.9 Å². The number of rotatable bonds is 4. The van der Waals surface area contributed by atoms with E-state index in [9.17, 15) is 14.7 Å². The largest absolute Gasteiger partial charge is 0.480 e. The Bertz CT molecular complexity index is 1300. The van der Waals surface area contributed by atoms with Gasteiger partial charge in [-0.25, -0.2) is 9.59 Å². The lowest BCUT2D eigenvalue weighted by Crippen LogP contribution is -2.42. The quantitative estimate of drug-likeness (QED) is 0.340. The third-order valence-electron chi connectivity index (χ3n) is 6.29. The molecule has 1 aliphatic heterocycles. The number of para-hydroxylation sites is 1. The highest BCUT2D eigenvalue weighted by Gasteiger charge is 2.42. The van der Waals surface area contributed by atoms with Gasteiger partial charge in [0.15, 0.2) is 0 Å². The Balaban J connectivity index is 1.39. The van der Waals surface area contributed by atoms with Crippen molar-refractivity contribution >= 4 is 17.6 Å². The van der Waals surface area contributed by atoms with E-state index < -0.39 is 18.0 Å². The number of nitrogens with one attached hydrogen (secondary N) is 1. The van der Waals surface area contributed by atoms with Crippen LogP contribution < -0.4 is 10.1 Å². The molecule has 3 aromatic rings. The molecule has 5 rings (SSSR count). The first-order valence-electron chi connectivity index (χ1n) is 10.7. The molecule has 0 radical (unpaired) electrons. The molecule has 162 valence electrons. The molecule has 1 aliphatic carbocycles. The van der Waals surface area contributed by atoms with Gasteiger partial charge in [0.1, 0.15) is 11.8 Å². The zero-order valence-electron chi connectivity index (χ0n) is 17.6. The zero-order chi connectivity index (χ0) is 22.9. The van der Waals surface area contributed by atoms with Gasteiger partial charge in [0, 0.05) is 11.8 Å². The number of anilines is 1. The van der Waals surface area contributed by atoms with Crippen molar-refractivity contribution in [3.05, 3.63) is 95.6 Å². The fraction of sp³-hybridized carbons (Fsp3) is 0.148. The van der Waals surface area contributed by atoms with E-state index >= 15 is 0 Å². The number of esters is 1. The fourth-order valence-corrected chi connectivity index (χ4v) is 4.65. The van der Waals surface area contributed by atoms with Crippen molar-refractivity contribution in [2.75, 3.05) is 5.32 Å². The third kappa shape index (κ3) is 3.74. The van der Waals surface area contributed by atoms with Crippen LogP contribution >= 0.6 is 0 Å². The SMILES string of the molecule is N#Cc1ccc(-c2ccc(OC(=O)c3cccc4c3NC(C(=O)O)C3CC=CC43)cc2)cc1. The van der Waals surface area contributed by atoms with E-state index in [1.54, 1.807) is 36.4 Å². The average molecular weight is 436 g/mol. The number of fused-ring (bicyclic) bond motifs is 3. The summed E-state index contributed by atoms with van der Waals surface area (Å²) in [6.45, 7) is 0. The fourth-order valence-electron chi connectivity index (χ4n) is 4.65. The third-order valence-corrected chi connectivity index (χ3v) is 6.29. The Labute approximate surface area is 190 Å². The van der Waals surface area contributed by atoms with Crippen LogP contribution in [-0.2, 0) is 4.79 Å². The van der Waals surface area contributed by atoms with Crippen LogP contribution in [0.3, 0.4) is 0 Å². The van der Waals surface area contributed by atoms with Crippen molar-refractivity contribution in [2.45, 2.75) is 18.4 Å². The van der Waals surface area contributed by atoms with Crippen LogP contribution in [0.25, 0.3) is 11.1 Å². The minimum atomic E-state index is -0.930. The number of aliphatic carboxylic acids is 1. The molecule has 0 saturated carbocycles. The average Bonchev–Trinajstić information content (AvgIpc) is 3.34. The highest BCUT2D eigenvalue weighted by molar-refractivity contribution is 5.99. The lowest BCUT2D eigenvalue weighted by molar-refractivity contribution is -0.139. The first-order valence-corrected chi connectivity index (χ1v) is 10.7. The van der Waals surface area contributed by atoms with Gasteiger partial charge >= 0.3 is 11.9 Å². The van der Waals surface area contributed by atoms with Crippen molar-refractivity contribution in [1.82, 2.24) is 0 Å². The number of carboxylic acid groups (broad SMARTS) is 1. The van der Waals surface area contributed by atoms with E-state index in [0.717, 1.165) is 16.7 Å². The summed E-state index contributed by atoms with van der Waals surface area (Å²) in [6.07, 6.45) is 4.72. The molecule has 3 unspecified atom stereocenters. The standard InChI is InChI=1S/C27H20N2O4/c28-15-16-7-9-17(10-8-16)18-11-13-19(14-12-18)33-27(32)23-6-2-4-21-20-3-1-5-22(20)25(26(30)31)29-24(21)23/h1-4,6-14,20,22,25,29H,5H2,(H,30,31). The molecule has 0 amide bonds. The summed E-state index contributed by atoms with van der Waals surface area (Å²) in [5.41, 5.74) is 4.23. The Morgan fingerprint density at radius 1 is 1.00 bits per heavy atom. The van der Waals surface area contributed by atoms with Crippen molar-refractivity contribution < 1.29 is 19.4 Å². The van der Waals surface area contributed by atoms with Gasteiger partial charge in [-0.05, 0) is 53.4 Å². The van der Waals surface area contributed by atoms with E-state index in [1.165, 1.54) is 0 Å². The number of benzene rings is 3. The molecular weight excluding hydrogens is 416 g/mol. The lowest BCUT2D eigenvalue weighted by Gasteiger charge is -2.35. The van der Waals surface area contributed by atoms with Crippen LogP contribution in [0.4, 0.5) is 5.69 Å². The van der Waals surface area contributed by atoms with Gasteiger partial charge in [-0.2, -0.15) is 5.26 Å². The summed E-state index contributed by atoms with van der Waals surface area (Å²) < 4.78 is 5.61. The minimum Gasteiger partial charge on any atom is -0.480 e. The number of nitrogens with zero attached hydrogens (tertiary/aromatic N) is 1. The number of allylic oxidation sites excluding steroid dienone is 2. The molecule has 0 bridgehead atoms. The summed E-state index contributed by atoms with van der Waals surface area (Å²) in [5.74, 6) is -1.20. The summed E-state index contributed by atoms with van der Waals surface area (Å²) in [6, 6.07) is 21.1. The molecular formula is C27H20N2O4. The first kappa shape index (κ1) is 20.5. The van der Waals surface area contributed by atoms with Gasteiger partial charge in [0.05, 0.1) is 22.9 Å². The summed E-state index contributed by atoms with van der Waals surface area (Å²) in [5, 5.41) is 21.7. The van der Waals surface area contributed by atoms with Crippen LogP contribution in [0.1, 0.15) is 33.8 Å². The van der Waals surface area contributed by atoms with Crippen LogP contribution in [0.15, 0.2) is 78.9 Å². The maximum Gasteiger partial charge on any atom is 0.345 e. The zero-order valence-corrected chi connectivity index (χ0v) is 17.6. The Hall–Kier alpha value is -4.37. The number of carbonyl (C=O) groups is 2. The highest BCUT2D eigenvalue weighted by Crippen LogP contribution is 2.45. The van der Waals surface area contributed by atoms with Crippen LogP contribution in [0.2, 0.25) is 0 Å². The minimum absolute atomic E-state index is 0.0400. The molecule has 6 nitrogen and oxygen atoms in total. The predicted molar refractivity (Wildman–Crippen MR) is 123 cm³/mol. The summed E-state index contributed by atoms with van der Waals surface area (Å²) in [7, 11) is 0.